The Balaban J connectivity index is 1.48. The Morgan fingerprint density at radius 1 is 1.07 bits per heavy atom. The second-order valence-electron chi connectivity index (χ2n) is 7.76. The van der Waals surface area contributed by atoms with Crippen LogP contribution in [0, 0.1) is 23.5 Å². The lowest BCUT2D eigenvalue weighted by Crippen LogP contribution is -2.36. The molecule has 2 amide bonds. The van der Waals surface area contributed by atoms with Gasteiger partial charge in [-0.1, -0.05) is 30.3 Å². The lowest BCUT2D eigenvalue weighted by molar-refractivity contribution is -0.134. The Morgan fingerprint density at radius 3 is 2.52 bits per heavy atom. The second kappa shape index (κ2) is 7.91. The zero-order valence-corrected chi connectivity index (χ0v) is 15.9. The van der Waals surface area contributed by atoms with Crippen molar-refractivity contribution in [3.05, 3.63) is 65.7 Å². The van der Waals surface area contributed by atoms with Gasteiger partial charge in [-0.2, -0.15) is 0 Å². The molecule has 7 heteroatoms. The van der Waals surface area contributed by atoms with E-state index in [1.165, 1.54) is 11.0 Å². The molecule has 4 rings (SSSR count). The SMILES string of the molecule is NC[C@@H]1CN(C(=O)C2CC(=O)N(c3ccc(F)cc3F)C2)C[C@H]1c1ccccc1. The van der Waals surface area contributed by atoms with Crippen LogP contribution in [0.2, 0.25) is 0 Å². The molecule has 2 saturated heterocycles. The lowest BCUT2D eigenvalue weighted by Gasteiger charge is -2.21. The average Bonchev–Trinajstić information content (AvgIpc) is 3.32. The van der Waals surface area contributed by atoms with E-state index in [1.807, 2.05) is 30.3 Å². The van der Waals surface area contributed by atoms with Gasteiger partial charge in [-0.05, 0) is 30.2 Å². The Bertz CT molecular complexity index is 922. The lowest BCUT2D eigenvalue weighted by atomic mass is 9.89. The Hall–Kier alpha value is -2.80. The summed E-state index contributed by atoms with van der Waals surface area (Å²) in [6.45, 7) is 1.67. The van der Waals surface area contributed by atoms with E-state index in [2.05, 4.69) is 0 Å². The van der Waals surface area contributed by atoms with Gasteiger partial charge in [0.05, 0.1) is 11.6 Å². The van der Waals surface area contributed by atoms with Crippen molar-refractivity contribution in [3.63, 3.8) is 0 Å². The fourth-order valence-corrected chi connectivity index (χ4v) is 4.43. The third kappa shape index (κ3) is 3.74. The van der Waals surface area contributed by atoms with Crippen molar-refractivity contribution < 1.29 is 18.4 Å². The van der Waals surface area contributed by atoms with Crippen LogP contribution in [0.25, 0.3) is 0 Å². The van der Waals surface area contributed by atoms with E-state index < -0.39 is 17.6 Å². The molecule has 2 fully saturated rings. The molecular formula is C22H23F2N3O2. The van der Waals surface area contributed by atoms with E-state index in [0.29, 0.717) is 19.6 Å². The highest BCUT2D eigenvalue weighted by atomic mass is 19.1. The van der Waals surface area contributed by atoms with Crippen molar-refractivity contribution in [2.75, 3.05) is 31.1 Å². The molecule has 2 aliphatic heterocycles. The Kier molecular flexibility index (Phi) is 5.32. The van der Waals surface area contributed by atoms with Gasteiger partial charge in [0.1, 0.15) is 11.6 Å². The Labute approximate surface area is 168 Å². The number of anilines is 1. The van der Waals surface area contributed by atoms with Gasteiger partial charge < -0.3 is 15.5 Å². The van der Waals surface area contributed by atoms with Crippen molar-refractivity contribution in [2.24, 2.45) is 17.6 Å². The molecule has 2 heterocycles. The number of amides is 2. The van der Waals surface area contributed by atoms with E-state index in [-0.39, 0.29) is 42.3 Å². The molecule has 2 aliphatic rings. The first-order valence-electron chi connectivity index (χ1n) is 9.77. The fourth-order valence-electron chi connectivity index (χ4n) is 4.43. The first-order valence-corrected chi connectivity index (χ1v) is 9.77. The number of carbonyl (C=O) groups excluding carboxylic acids is 2. The molecule has 0 saturated carbocycles. The van der Waals surface area contributed by atoms with E-state index in [9.17, 15) is 18.4 Å². The van der Waals surface area contributed by atoms with Crippen molar-refractivity contribution in [3.8, 4) is 0 Å². The highest BCUT2D eigenvalue weighted by molar-refractivity contribution is 6.00. The van der Waals surface area contributed by atoms with Crippen molar-refractivity contribution in [2.45, 2.75) is 12.3 Å². The quantitative estimate of drug-likeness (QED) is 0.859. The summed E-state index contributed by atoms with van der Waals surface area (Å²) in [5.41, 5.74) is 7.11. The molecule has 2 N–H and O–H groups in total. The minimum atomic E-state index is -0.806. The van der Waals surface area contributed by atoms with Crippen LogP contribution in [0.5, 0.6) is 0 Å². The maximum atomic E-state index is 14.1. The first-order chi connectivity index (χ1) is 14.0. The predicted molar refractivity (Wildman–Crippen MR) is 105 cm³/mol. The summed E-state index contributed by atoms with van der Waals surface area (Å²) < 4.78 is 27.3. The summed E-state index contributed by atoms with van der Waals surface area (Å²) in [5, 5.41) is 0. The number of carbonyl (C=O) groups is 2. The smallest absolute Gasteiger partial charge is 0.228 e. The van der Waals surface area contributed by atoms with Crippen molar-refractivity contribution >= 4 is 17.5 Å². The summed E-state index contributed by atoms with van der Waals surface area (Å²) in [5.74, 6) is -2.18. The standard InChI is InChI=1S/C22H23F2N3O2/c23-17-6-7-20(19(24)9-17)27-12-15(8-21(27)28)22(29)26-11-16(10-25)18(13-26)14-4-2-1-3-5-14/h1-7,9,15-16,18H,8,10-13,25H2/t15?,16-,18+/m1/s1. The largest absolute Gasteiger partial charge is 0.341 e. The van der Waals surface area contributed by atoms with Crippen LogP contribution in [0.1, 0.15) is 17.9 Å². The molecule has 0 radical (unpaired) electrons. The molecule has 29 heavy (non-hydrogen) atoms. The zero-order valence-electron chi connectivity index (χ0n) is 15.9. The number of nitrogens with two attached hydrogens (primary N) is 1. The molecule has 0 bridgehead atoms. The summed E-state index contributed by atoms with van der Waals surface area (Å²) in [7, 11) is 0. The molecular weight excluding hydrogens is 376 g/mol. The fraction of sp³-hybridized carbons (Fsp3) is 0.364. The van der Waals surface area contributed by atoms with Crippen molar-refractivity contribution in [1.29, 1.82) is 0 Å². The number of nitrogens with zero attached hydrogens (tertiary/aromatic N) is 2. The number of hydrogen-bond donors (Lipinski definition) is 1. The average molecular weight is 399 g/mol. The van der Waals surface area contributed by atoms with Gasteiger partial charge in [-0.25, -0.2) is 8.78 Å². The minimum absolute atomic E-state index is 0.00937. The third-order valence-corrected chi connectivity index (χ3v) is 5.96. The summed E-state index contributed by atoms with van der Waals surface area (Å²) in [6.07, 6.45) is 0.0233. The number of halogens is 2. The number of rotatable bonds is 4. The van der Waals surface area contributed by atoms with E-state index in [0.717, 1.165) is 17.7 Å². The second-order valence-corrected chi connectivity index (χ2v) is 7.76. The van der Waals surface area contributed by atoms with Crippen molar-refractivity contribution in [1.82, 2.24) is 4.90 Å². The minimum Gasteiger partial charge on any atom is -0.341 e. The van der Waals surface area contributed by atoms with Crippen LogP contribution in [0.4, 0.5) is 14.5 Å². The van der Waals surface area contributed by atoms with Crippen LogP contribution >= 0.6 is 0 Å². The van der Waals surface area contributed by atoms with Crippen LogP contribution in [-0.4, -0.2) is 42.9 Å². The zero-order chi connectivity index (χ0) is 20.5. The topological polar surface area (TPSA) is 66.6 Å². The molecule has 2 aromatic carbocycles. The van der Waals surface area contributed by atoms with Crippen LogP contribution in [0.3, 0.4) is 0 Å². The molecule has 0 aromatic heterocycles. The maximum absolute atomic E-state index is 14.1. The van der Waals surface area contributed by atoms with Gasteiger partial charge in [0.25, 0.3) is 0 Å². The molecule has 0 aliphatic carbocycles. The van der Waals surface area contributed by atoms with Gasteiger partial charge in [0.15, 0.2) is 0 Å². The van der Waals surface area contributed by atoms with Gasteiger partial charge in [-0.15, -0.1) is 0 Å². The number of likely N-dealkylation sites (tertiary alicyclic amines) is 1. The molecule has 152 valence electrons. The predicted octanol–water partition coefficient (Wildman–Crippen LogP) is 2.52. The van der Waals surface area contributed by atoms with E-state index >= 15 is 0 Å². The van der Waals surface area contributed by atoms with Crippen LogP contribution in [0.15, 0.2) is 48.5 Å². The van der Waals surface area contributed by atoms with E-state index in [1.54, 1.807) is 4.90 Å². The van der Waals surface area contributed by atoms with Gasteiger partial charge in [0.2, 0.25) is 11.8 Å². The normalized spacial score (nSPS) is 24.4. The summed E-state index contributed by atoms with van der Waals surface area (Å²) in [6, 6.07) is 13.1. The van der Waals surface area contributed by atoms with Crippen LogP contribution < -0.4 is 10.6 Å². The monoisotopic (exact) mass is 399 g/mol. The molecule has 2 aromatic rings. The highest BCUT2D eigenvalue weighted by Crippen LogP contribution is 2.35. The highest BCUT2D eigenvalue weighted by Gasteiger charge is 2.42. The first kappa shape index (κ1) is 19.5. The Morgan fingerprint density at radius 2 is 1.83 bits per heavy atom. The number of hydrogen-bond acceptors (Lipinski definition) is 3. The third-order valence-electron chi connectivity index (χ3n) is 5.96. The molecule has 1 unspecified atom stereocenters. The van der Waals surface area contributed by atoms with Gasteiger partial charge >= 0.3 is 0 Å². The van der Waals surface area contributed by atoms with Crippen LogP contribution in [-0.2, 0) is 9.59 Å². The summed E-state index contributed by atoms with van der Waals surface area (Å²) in [4.78, 5) is 28.5. The molecule has 0 spiro atoms. The number of benzene rings is 2. The maximum Gasteiger partial charge on any atom is 0.228 e. The molecule has 3 atom stereocenters. The molecule has 5 nitrogen and oxygen atoms in total. The van der Waals surface area contributed by atoms with Gasteiger partial charge in [0, 0.05) is 38.0 Å². The van der Waals surface area contributed by atoms with Gasteiger partial charge in [-0.3, -0.25) is 9.59 Å². The summed E-state index contributed by atoms with van der Waals surface area (Å²) >= 11 is 0. The van der Waals surface area contributed by atoms with E-state index in [4.69, 9.17) is 5.73 Å².